The molecule has 2 rings (SSSR count). The van der Waals surface area contributed by atoms with Gasteiger partial charge in [0.05, 0.1) is 31.6 Å². The lowest BCUT2D eigenvalue weighted by Gasteiger charge is -2.16. The summed E-state index contributed by atoms with van der Waals surface area (Å²) < 4.78 is 1.08. The lowest BCUT2D eigenvalue weighted by molar-refractivity contribution is -0.128. The zero-order valence-corrected chi connectivity index (χ0v) is 11.8. The third-order valence-corrected chi connectivity index (χ3v) is 3.55. The molecule has 8 heteroatoms. The second-order valence-electron chi connectivity index (χ2n) is 4.57. The highest BCUT2D eigenvalue weighted by Crippen LogP contribution is 2.15. The number of anilines is 1. The first-order chi connectivity index (χ1) is 9.63. The molecule has 0 radical (unpaired) electrons. The second-order valence-corrected chi connectivity index (χ2v) is 4.94. The number of aliphatic hydroxyl groups is 1. The number of aromatic nitrogens is 2. The summed E-state index contributed by atoms with van der Waals surface area (Å²) in [4.78, 5) is 25.4. The normalized spacial score (nSPS) is 14.6. The zero-order valence-electron chi connectivity index (χ0n) is 11.0. The van der Waals surface area contributed by atoms with Gasteiger partial charge in [0.25, 0.3) is 5.56 Å². The molecule has 7 nitrogen and oxygen atoms in total. The van der Waals surface area contributed by atoms with Crippen molar-refractivity contribution in [3.8, 4) is 0 Å². The first-order valence-corrected chi connectivity index (χ1v) is 6.89. The van der Waals surface area contributed by atoms with Gasteiger partial charge in [0, 0.05) is 13.1 Å². The van der Waals surface area contributed by atoms with E-state index in [9.17, 15) is 9.59 Å². The van der Waals surface area contributed by atoms with Crippen LogP contribution in [0.5, 0.6) is 0 Å². The van der Waals surface area contributed by atoms with Gasteiger partial charge in [-0.3, -0.25) is 9.59 Å². The predicted octanol–water partition coefficient (Wildman–Crippen LogP) is -0.0767. The number of halogens is 1. The Hall–Kier alpha value is -1.60. The topological polar surface area (TPSA) is 87.5 Å². The van der Waals surface area contributed by atoms with Gasteiger partial charge in [-0.2, -0.15) is 5.10 Å². The molecule has 1 amide bonds. The molecule has 1 saturated heterocycles. The Morgan fingerprint density at radius 3 is 2.80 bits per heavy atom. The van der Waals surface area contributed by atoms with Crippen molar-refractivity contribution in [3.05, 3.63) is 21.6 Å². The van der Waals surface area contributed by atoms with Crippen LogP contribution in [-0.2, 0) is 11.3 Å². The van der Waals surface area contributed by atoms with Crippen molar-refractivity contribution < 1.29 is 9.90 Å². The van der Waals surface area contributed by atoms with Crippen LogP contribution in [0.2, 0.25) is 5.02 Å². The molecule has 0 bridgehead atoms. The Labute approximate surface area is 121 Å². The lowest BCUT2D eigenvalue weighted by Crippen LogP contribution is -2.33. The summed E-state index contributed by atoms with van der Waals surface area (Å²) in [6.07, 6.45) is 3.45. The first-order valence-electron chi connectivity index (χ1n) is 6.51. The number of likely N-dealkylation sites (tertiary alicyclic amines) is 1. The van der Waals surface area contributed by atoms with Gasteiger partial charge in [-0.05, 0) is 12.8 Å². The van der Waals surface area contributed by atoms with Crippen LogP contribution in [0.1, 0.15) is 12.8 Å². The molecule has 1 aliphatic rings. The van der Waals surface area contributed by atoms with Gasteiger partial charge in [-0.25, -0.2) is 4.68 Å². The van der Waals surface area contributed by atoms with Crippen molar-refractivity contribution in [2.24, 2.45) is 0 Å². The lowest BCUT2D eigenvalue weighted by atomic mass is 10.4. The van der Waals surface area contributed by atoms with E-state index in [0.717, 1.165) is 30.6 Å². The van der Waals surface area contributed by atoms with Gasteiger partial charge < -0.3 is 15.3 Å². The molecule has 1 fully saturated rings. The van der Waals surface area contributed by atoms with E-state index in [2.05, 4.69) is 10.4 Å². The second kappa shape index (κ2) is 6.71. The SMILES string of the molecule is O=C(CNc1cnn(CCO)c(=O)c1Cl)N1CCCC1. The van der Waals surface area contributed by atoms with Crippen LogP contribution >= 0.6 is 11.6 Å². The highest BCUT2D eigenvalue weighted by molar-refractivity contribution is 6.33. The van der Waals surface area contributed by atoms with Gasteiger partial charge in [0.15, 0.2) is 0 Å². The molecule has 0 unspecified atom stereocenters. The molecule has 2 N–H and O–H groups in total. The monoisotopic (exact) mass is 300 g/mol. The number of aliphatic hydroxyl groups excluding tert-OH is 1. The fourth-order valence-corrected chi connectivity index (χ4v) is 2.30. The summed E-state index contributed by atoms with van der Waals surface area (Å²) in [7, 11) is 0. The van der Waals surface area contributed by atoms with Crippen LogP contribution in [-0.4, -0.2) is 51.9 Å². The molecule has 20 heavy (non-hydrogen) atoms. The number of rotatable bonds is 5. The number of carbonyl (C=O) groups is 1. The molecule has 0 aliphatic carbocycles. The Morgan fingerprint density at radius 2 is 2.15 bits per heavy atom. The molecule has 110 valence electrons. The molecule has 2 heterocycles. The summed E-state index contributed by atoms with van der Waals surface area (Å²) >= 11 is 5.93. The average molecular weight is 301 g/mol. The number of amides is 1. The minimum absolute atomic E-state index is 0.0156. The molecule has 0 atom stereocenters. The smallest absolute Gasteiger partial charge is 0.287 e. The van der Waals surface area contributed by atoms with Crippen molar-refractivity contribution in [1.29, 1.82) is 0 Å². The number of nitrogens with one attached hydrogen (secondary N) is 1. The van der Waals surface area contributed by atoms with E-state index >= 15 is 0 Å². The standard InChI is InChI=1S/C12H17ClN4O3/c13-11-9(7-15-17(5-6-18)12(11)20)14-8-10(19)16-3-1-2-4-16/h7,14,18H,1-6,8H2. The third kappa shape index (κ3) is 3.29. The van der Waals surface area contributed by atoms with E-state index in [1.807, 2.05) is 0 Å². The number of hydrogen-bond donors (Lipinski definition) is 2. The van der Waals surface area contributed by atoms with E-state index in [0.29, 0.717) is 5.69 Å². The van der Waals surface area contributed by atoms with Gasteiger partial charge in [0.1, 0.15) is 5.02 Å². The molecule has 0 aromatic carbocycles. The summed E-state index contributed by atoms with van der Waals surface area (Å²) in [5.41, 5.74) is -0.155. The average Bonchev–Trinajstić information content (AvgIpc) is 2.97. The van der Waals surface area contributed by atoms with E-state index in [1.54, 1.807) is 4.90 Å². The number of carbonyl (C=O) groups excluding carboxylic acids is 1. The molecule has 1 aromatic heterocycles. The zero-order chi connectivity index (χ0) is 14.5. The van der Waals surface area contributed by atoms with Crippen molar-refractivity contribution in [2.45, 2.75) is 19.4 Å². The fraction of sp³-hybridized carbons (Fsp3) is 0.583. The summed E-state index contributed by atoms with van der Waals surface area (Å²) in [6.45, 7) is 1.55. The van der Waals surface area contributed by atoms with E-state index in [-0.39, 0.29) is 30.6 Å². The van der Waals surface area contributed by atoms with Crippen molar-refractivity contribution in [1.82, 2.24) is 14.7 Å². The fourth-order valence-electron chi connectivity index (χ4n) is 2.09. The van der Waals surface area contributed by atoms with Crippen LogP contribution < -0.4 is 10.9 Å². The van der Waals surface area contributed by atoms with Crippen LogP contribution in [0.15, 0.2) is 11.0 Å². The molecular formula is C12H17ClN4O3. The number of nitrogens with zero attached hydrogens (tertiary/aromatic N) is 3. The maximum Gasteiger partial charge on any atom is 0.287 e. The summed E-state index contributed by atoms with van der Waals surface area (Å²) in [6, 6.07) is 0. The predicted molar refractivity (Wildman–Crippen MR) is 74.9 cm³/mol. The van der Waals surface area contributed by atoms with E-state index in [1.165, 1.54) is 6.20 Å². The first kappa shape index (κ1) is 14.8. The molecule has 1 aromatic rings. The van der Waals surface area contributed by atoms with Crippen LogP contribution in [0.25, 0.3) is 0 Å². The molecule has 1 aliphatic heterocycles. The Morgan fingerprint density at radius 1 is 1.45 bits per heavy atom. The van der Waals surface area contributed by atoms with Crippen molar-refractivity contribution >= 4 is 23.2 Å². The highest BCUT2D eigenvalue weighted by Gasteiger charge is 2.18. The Kier molecular flexibility index (Phi) is 4.97. The summed E-state index contributed by atoms with van der Waals surface area (Å²) in [5, 5.41) is 15.5. The maximum absolute atomic E-state index is 11.9. The molecule has 0 saturated carbocycles. The quantitative estimate of drug-likeness (QED) is 0.794. The minimum Gasteiger partial charge on any atom is -0.394 e. The van der Waals surface area contributed by atoms with Crippen LogP contribution in [0.3, 0.4) is 0 Å². The minimum atomic E-state index is -0.487. The Bertz CT molecular complexity index is 540. The molecule has 0 spiro atoms. The van der Waals surface area contributed by atoms with Crippen molar-refractivity contribution in [2.75, 3.05) is 31.6 Å². The van der Waals surface area contributed by atoms with Crippen molar-refractivity contribution in [3.63, 3.8) is 0 Å². The van der Waals surface area contributed by atoms with Crippen LogP contribution in [0, 0.1) is 0 Å². The van der Waals surface area contributed by atoms with Gasteiger partial charge in [-0.1, -0.05) is 11.6 Å². The van der Waals surface area contributed by atoms with E-state index < -0.39 is 5.56 Å². The molecular weight excluding hydrogens is 284 g/mol. The highest BCUT2D eigenvalue weighted by atomic mass is 35.5. The van der Waals surface area contributed by atoms with Gasteiger partial charge >= 0.3 is 0 Å². The Balaban J connectivity index is 2.01. The van der Waals surface area contributed by atoms with Crippen LogP contribution in [0.4, 0.5) is 5.69 Å². The van der Waals surface area contributed by atoms with Gasteiger partial charge in [0.2, 0.25) is 5.91 Å². The summed E-state index contributed by atoms with van der Waals surface area (Å²) in [5.74, 6) is -0.0156. The van der Waals surface area contributed by atoms with Gasteiger partial charge in [-0.15, -0.1) is 0 Å². The maximum atomic E-state index is 11.9. The third-order valence-electron chi connectivity index (χ3n) is 3.19. The largest absolute Gasteiger partial charge is 0.394 e. The van der Waals surface area contributed by atoms with E-state index in [4.69, 9.17) is 16.7 Å². The number of hydrogen-bond acceptors (Lipinski definition) is 5.